The van der Waals surface area contributed by atoms with Crippen molar-refractivity contribution in [1.29, 1.82) is 0 Å². The van der Waals surface area contributed by atoms with Crippen LogP contribution in [0.2, 0.25) is 0 Å². The molecule has 9 heteroatoms. The van der Waals surface area contributed by atoms with Gasteiger partial charge in [-0.15, -0.1) is 24.0 Å². The summed E-state index contributed by atoms with van der Waals surface area (Å²) in [6.07, 6.45) is -2.61. The van der Waals surface area contributed by atoms with Gasteiger partial charge in [-0.1, -0.05) is 19.1 Å². The predicted molar refractivity (Wildman–Crippen MR) is 119 cm³/mol. The van der Waals surface area contributed by atoms with Crippen LogP contribution in [-0.4, -0.2) is 64.4 Å². The number of methoxy groups -OCH3 is 1. The van der Waals surface area contributed by atoms with Gasteiger partial charge >= 0.3 is 6.18 Å². The zero-order valence-corrected chi connectivity index (χ0v) is 19.3. The highest BCUT2D eigenvalue weighted by Gasteiger charge is 2.28. The molecule has 1 aromatic rings. The summed E-state index contributed by atoms with van der Waals surface area (Å²) in [4.78, 5) is 5.41. The maximum absolute atomic E-state index is 12.3. The minimum absolute atomic E-state index is 0. The minimum atomic E-state index is -4.15. The smallest absolute Gasteiger partial charge is 0.401 e. The van der Waals surface area contributed by atoms with Crippen LogP contribution < -0.4 is 15.4 Å². The first kappa shape index (κ1) is 26.8. The zero-order chi connectivity index (χ0) is 20.3. The van der Waals surface area contributed by atoms with E-state index >= 15 is 0 Å². The van der Waals surface area contributed by atoms with E-state index in [0.717, 1.165) is 18.7 Å². The number of benzene rings is 1. The Morgan fingerprint density at radius 1 is 1.18 bits per heavy atom. The van der Waals surface area contributed by atoms with Crippen LogP contribution in [0, 0.1) is 0 Å². The molecule has 0 saturated carbocycles. The summed E-state index contributed by atoms with van der Waals surface area (Å²) in [6, 6.07) is 8.03. The van der Waals surface area contributed by atoms with Gasteiger partial charge in [0.05, 0.1) is 13.7 Å². The van der Waals surface area contributed by atoms with Crippen molar-refractivity contribution in [3.05, 3.63) is 29.8 Å². The number of aliphatic imine (C=N–C) groups is 1. The largest absolute Gasteiger partial charge is 0.497 e. The SMILES string of the molecule is CN=C(NCCCN(C)CC(F)(F)F)NCCC(C)c1ccc(OC)cc1.I. The van der Waals surface area contributed by atoms with Crippen LogP contribution >= 0.6 is 24.0 Å². The van der Waals surface area contributed by atoms with E-state index in [1.807, 2.05) is 12.1 Å². The second-order valence-electron chi connectivity index (χ2n) is 6.60. The Hall–Kier alpha value is -1.23. The van der Waals surface area contributed by atoms with Gasteiger partial charge in [0, 0.05) is 20.1 Å². The normalized spacial score (nSPS) is 13.1. The van der Waals surface area contributed by atoms with Crippen molar-refractivity contribution in [2.45, 2.75) is 31.9 Å². The van der Waals surface area contributed by atoms with Gasteiger partial charge in [-0.3, -0.25) is 9.89 Å². The second-order valence-corrected chi connectivity index (χ2v) is 6.60. The van der Waals surface area contributed by atoms with Crippen LogP contribution in [0.3, 0.4) is 0 Å². The molecule has 0 fully saturated rings. The third-order valence-electron chi connectivity index (χ3n) is 4.24. The number of hydrogen-bond donors (Lipinski definition) is 2. The highest BCUT2D eigenvalue weighted by Crippen LogP contribution is 2.21. The zero-order valence-electron chi connectivity index (χ0n) is 17.0. The summed E-state index contributed by atoms with van der Waals surface area (Å²) >= 11 is 0. The quantitative estimate of drug-likeness (QED) is 0.215. The summed E-state index contributed by atoms with van der Waals surface area (Å²) in [5.41, 5.74) is 1.24. The number of nitrogens with zero attached hydrogens (tertiary/aromatic N) is 2. The first-order valence-electron chi connectivity index (χ1n) is 9.09. The van der Waals surface area contributed by atoms with E-state index in [0.29, 0.717) is 31.4 Å². The Morgan fingerprint density at radius 3 is 2.32 bits per heavy atom. The third kappa shape index (κ3) is 11.6. The molecule has 0 amide bonds. The van der Waals surface area contributed by atoms with Crippen LogP contribution in [0.5, 0.6) is 5.75 Å². The summed E-state index contributed by atoms with van der Waals surface area (Å²) in [5.74, 6) is 1.89. The van der Waals surface area contributed by atoms with Gasteiger partial charge in [-0.05, 0) is 50.0 Å². The van der Waals surface area contributed by atoms with Gasteiger partial charge in [0.25, 0.3) is 0 Å². The molecule has 0 aromatic heterocycles. The highest BCUT2D eigenvalue weighted by molar-refractivity contribution is 14.0. The van der Waals surface area contributed by atoms with Crippen LogP contribution in [0.4, 0.5) is 13.2 Å². The third-order valence-corrected chi connectivity index (χ3v) is 4.24. The highest BCUT2D eigenvalue weighted by atomic mass is 127. The van der Waals surface area contributed by atoms with Gasteiger partial charge in [0.2, 0.25) is 0 Å². The Kier molecular flexibility index (Phi) is 13.3. The average Bonchev–Trinajstić information content (AvgIpc) is 2.62. The molecule has 162 valence electrons. The molecule has 0 saturated heterocycles. The lowest BCUT2D eigenvalue weighted by Crippen LogP contribution is -2.39. The van der Waals surface area contributed by atoms with Crippen molar-refractivity contribution in [2.75, 3.05) is 47.4 Å². The van der Waals surface area contributed by atoms with Crippen LogP contribution in [0.15, 0.2) is 29.3 Å². The molecule has 28 heavy (non-hydrogen) atoms. The summed E-state index contributed by atoms with van der Waals surface area (Å²) < 4.78 is 42.0. The van der Waals surface area contributed by atoms with E-state index in [2.05, 4.69) is 34.7 Å². The molecule has 0 heterocycles. The van der Waals surface area contributed by atoms with E-state index < -0.39 is 12.7 Å². The van der Waals surface area contributed by atoms with Crippen LogP contribution in [0.25, 0.3) is 0 Å². The van der Waals surface area contributed by atoms with E-state index in [1.165, 1.54) is 17.5 Å². The molecule has 0 aliphatic rings. The first-order chi connectivity index (χ1) is 12.7. The van der Waals surface area contributed by atoms with Crippen molar-refractivity contribution in [3.63, 3.8) is 0 Å². The first-order valence-corrected chi connectivity index (χ1v) is 9.09. The molecule has 1 unspecified atom stereocenters. The fourth-order valence-corrected chi connectivity index (χ4v) is 2.67. The molecule has 1 atom stereocenters. The molecule has 0 bridgehead atoms. The monoisotopic (exact) mass is 516 g/mol. The van der Waals surface area contributed by atoms with E-state index in [-0.39, 0.29) is 24.0 Å². The second kappa shape index (κ2) is 13.9. The lowest BCUT2D eigenvalue weighted by Gasteiger charge is -2.19. The van der Waals surface area contributed by atoms with E-state index in [1.54, 1.807) is 14.2 Å². The Morgan fingerprint density at radius 2 is 1.79 bits per heavy atom. The maximum Gasteiger partial charge on any atom is 0.401 e. The van der Waals surface area contributed by atoms with Crippen molar-refractivity contribution < 1.29 is 17.9 Å². The molecule has 0 radical (unpaired) electrons. The molecule has 0 aliphatic heterocycles. The van der Waals surface area contributed by atoms with Gasteiger partial charge in [0.1, 0.15) is 5.75 Å². The van der Waals surface area contributed by atoms with Crippen molar-refractivity contribution >= 4 is 29.9 Å². The number of nitrogens with one attached hydrogen (secondary N) is 2. The van der Waals surface area contributed by atoms with E-state index in [9.17, 15) is 13.2 Å². The van der Waals surface area contributed by atoms with Gasteiger partial charge < -0.3 is 15.4 Å². The molecule has 5 nitrogen and oxygen atoms in total. The van der Waals surface area contributed by atoms with Crippen molar-refractivity contribution in [2.24, 2.45) is 4.99 Å². The molecule has 2 N–H and O–H groups in total. The Bertz CT molecular complexity index is 567. The number of alkyl halides is 3. The maximum atomic E-state index is 12.3. The average molecular weight is 516 g/mol. The Labute approximate surface area is 183 Å². The van der Waals surface area contributed by atoms with E-state index in [4.69, 9.17) is 4.74 Å². The predicted octanol–water partition coefficient (Wildman–Crippen LogP) is 3.86. The topological polar surface area (TPSA) is 48.9 Å². The molecule has 1 aromatic carbocycles. The summed E-state index contributed by atoms with van der Waals surface area (Å²) in [6.45, 7) is 2.97. The lowest BCUT2D eigenvalue weighted by atomic mass is 9.98. The van der Waals surface area contributed by atoms with Gasteiger partial charge in [-0.25, -0.2) is 0 Å². The minimum Gasteiger partial charge on any atom is -0.497 e. The fraction of sp³-hybridized carbons (Fsp3) is 0.632. The Balaban J connectivity index is 0.00000729. The standard InChI is InChI=1S/C19H31F3N4O.HI/c1-15(16-6-8-17(27-4)9-7-16)10-12-25-18(23-2)24-11-5-13-26(3)14-19(20,21)22;/h6-9,15H,5,10-14H2,1-4H3,(H2,23,24,25);1H. The number of rotatable bonds is 10. The number of guanidine groups is 1. The fourth-order valence-electron chi connectivity index (χ4n) is 2.67. The summed E-state index contributed by atoms with van der Waals surface area (Å²) in [7, 11) is 4.80. The molecule has 1 rings (SSSR count). The number of hydrogen-bond acceptors (Lipinski definition) is 3. The molecule has 0 aliphatic carbocycles. The number of halogens is 4. The van der Waals surface area contributed by atoms with Crippen molar-refractivity contribution in [3.8, 4) is 5.75 Å². The van der Waals surface area contributed by atoms with Crippen molar-refractivity contribution in [1.82, 2.24) is 15.5 Å². The molecule has 0 spiro atoms. The van der Waals surface area contributed by atoms with Gasteiger partial charge in [-0.2, -0.15) is 13.2 Å². The lowest BCUT2D eigenvalue weighted by molar-refractivity contribution is -0.143. The number of ether oxygens (including phenoxy) is 1. The molecular formula is C19H32F3IN4O. The summed E-state index contributed by atoms with van der Waals surface area (Å²) in [5, 5.41) is 6.37. The van der Waals surface area contributed by atoms with Crippen LogP contribution in [-0.2, 0) is 0 Å². The van der Waals surface area contributed by atoms with Crippen LogP contribution in [0.1, 0.15) is 31.2 Å². The van der Waals surface area contributed by atoms with Gasteiger partial charge in [0.15, 0.2) is 5.96 Å². The molecular weight excluding hydrogens is 484 g/mol.